The van der Waals surface area contributed by atoms with Crippen LogP contribution in [0.4, 0.5) is 0 Å². The molecule has 0 saturated carbocycles. The molecule has 3 atom stereocenters. The second kappa shape index (κ2) is 6.51. The molecule has 0 aromatic heterocycles. The van der Waals surface area contributed by atoms with E-state index < -0.39 is 24.3 Å². The first kappa shape index (κ1) is 13.9. The van der Waals surface area contributed by atoms with E-state index in [1.165, 1.54) is 12.2 Å². The number of carbonyl (C=O) groups excluding carboxylic acids is 2. The Morgan fingerprint density at radius 3 is 2.71 bits per heavy atom. The predicted molar refractivity (Wildman–Crippen MR) is 60.2 cm³/mol. The molecule has 1 rings (SSSR count). The number of carbonyl (C=O) groups is 2. The van der Waals surface area contributed by atoms with Gasteiger partial charge in [0.2, 0.25) is 0 Å². The molecule has 0 bridgehead atoms. The smallest absolute Gasteiger partial charge is 0.309 e. The van der Waals surface area contributed by atoms with Gasteiger partial charge in [-0.2, -0.15) is 0 Å². The quantitative estimate of drug-likeness (QED) is 0.472. The fourth-order valence-corrected chi connectivity index (χ4v) is 1.73. The van der Waals surface area contributed by atoms with Crippen LogP contribution in [-0.2, 0) is 14.3 Å². The average Bonchev–Trinajstić information content (AvgIpc) is 2.14. The van der Waals surface area contributed by atoms with Crippen molar-refractivity contribution in [2.75, 3.05) is 0 Å². The summed E-state index contributed by atoms with van der Waals surface area (Å²) < 4.78 is 5.00. The van der Waals surface area contributed by atoms with Gasteiger partial charge >= 0.3 is 5.97 Å². The lowest BCUT2D eigenvalue weighted by atomic mass is 10.0. The molecular formula is C12H18O5. The Bertz CT molecular complexity index is 310. The molecule has 1 aliphatic heterocycles. The van der Waals surface area contributed by atoms with Gasteiger partial charge in [0.05, 0.1) is 18.6 Å². The molecule has 0 saturated heterocycles. The number of aliphatic hydroxyl groups is 2. The SMILES string of the molecule is CC1CC(O)CC(=O)CC=CC(O)CC(=O)O1. The van der Waals surface area contributed by atoms with E-state index >= 15 is 0 Å². The number of hydrogen-bond donors (Lipinski definition) is 2. The zero-order valence-corrected chi connectivity index (χ0v) is 9.83. The third-order valence-corrected chi connectivity index (χ3v) is 2.48. The highest BCUT2D eigenvalue weighted by Crippen LogP contribution is 2.11. The van der Waals surface area contributed by atoms with Crippen molar-refractivity contribution >= 4 is 11.8 Å². The molecule has 5 heteroatoms. The lowest BCUT2D eigenvalue weighted by Crippen LogP contribution is -2.25. The lowest BCUT2D eigenvalue weighted by Gasteiger charge is -2.18. The van der Waals surface area contributed by atoms with Gasteiger partial charge in [-0.15, -0.1) is 0 Å². The highest BCUT2D eigenvalue weighted by Gasteiger charge is 2.19. The van der Waals surface area contributed by atoms with E-state index in [0.717, 1.165) is 0 Å². The maximum absolute atomic E-state index is 11.4. The molecule has 5 nitrogen and oxygen atoms in total. The highest BCUT2D eigenvalue weighted by atomic mass is 16.5. The van der Waals surface area contributed by atoms with Crippen LogP contribution in [0.1, 0.15) is 32.6 Å². The average molecular weight is 242 g/mol. The molecule has 0 fully saturated rings. The topological polar surface area (TPSA) is 83.8 Å². The second-order valence-corrected chi connectivity index (χ2v) is 4.34. The predicted octanol–water partition coefficient (Wildman–Crippen LogP) is 0.339. The molecule has 2 N–H and O–H groups in total. The van der Waals surface area contributed by atoms with Gasteiger partial charge in [-0.05, 0) is 6.92 Å². The van der Waals surface area contributed by atoms with E-state index in [1.54, 1.807) is 6.92 Å². The fourth-order valence-electron chi connectivity index (χ4n) is 1.73. The van der Waals surface area contributed by atoms with Crippen molar-refractivity contribution in [2.24, 2.45) is 0 Å². The van der Waals surface area contributed by atoms with E-state index in [1.807, 2.05) is 0 Å². The van der Waals surface area contributed by atoms with Gasteiger partial charge in [0.25, 0.3) is 0 Å². The molecule has 0 radical (unpaired) electrons. The maximum Gasteiger partial charge on any atom is 0.309 e. The van der Waals surface area contributed by atoms with Crippen molar-refractivity contribution in [1.29, 1.82) is 0 Å². The molecule has 0 aromatic rings. The number of allylic oxidation sites excluding steroid dienone is 1. The van der Waals surface area contributed by atoms with Crippen molar-refractivity contribution in [1.82, 2.24) is 0 Å². The number of aliphatic hydroxyl groups excluding tert-OH is 2. The molecule has 3 unspecified atom stereocenters. The third kappa shape index (κ3) is 5.60. The number of ketones is 1. The van der Waals surface area contributed by atoms with Crippen molar-refractivity contribution in [3.63, 3.8) is 0 Å². The summed E-state index contributed by atoms with van der Waals surface area (Å²) in [5, 5.41) is 19.0. The van der Waals surface area contributed by atoms with Crippen LogP contribution in [0.5, 0.6) is 0 Å². The van der Waals surface area contributed by atoms with E-state index in [0.29, 0.717) is 0 Å². The summed E-state index contributed by atoms with van der Waals surface area (Å²) in [6.45, 7) is 1.65. The number of Topliss-reactive ketones (excluding diaryl/α,β-unsaturated/α-hetero) is 1. The molecule has 0 spiro atoms. The van der Waals surface area contributed by atoms with Crippen molar-refractivity contribution < 1.29 is 24.5 Å². The molecule has 96 valence electrons. The molecule has 1 heterocycles. The summed E-state index contributed by atoms with van der Waals surface area (Å²) in [5.41, 5.74) is 0. The largest absolute Gasteiger partial charge is 0.462 e. The molecule has 0 aliphatic carbocycles. The Balaban J connectivity index is 2.67. The van der Waals surface area contributed by atoms with E-state index in [2.05, 4.69) is 0 Å². The number of rotatable bonds is 0. The van der Waals surface area contributed by atoms with Crippen molar-refractivity contribution in [2.45, 2.75) is 50.9 Å². The number of hydrogen-bond acceptors (Lipinski definition) is 5. The Morgan fingerprint density at radius 2 is 2.00 bits per heavy atom. The maximum atomic E-state index is 11.4. The minimum Gasteiger partial charge on any atom is -0.462 e. The second-order valence-electron chi connectivity index (χ2n) is 4.34. The first-order valence-corrected chi connectivity index (χ1v) is 5.71. The highest BCUT2D eigenvalue weighted by molar-refractivity contribution is 5.80. The first-order chi connectivity index (χ1) is 7.97. The number of esters is 1. The van der Waals surface area contributed by atoms with Crippen LogP contribution in [0.25, 0.3) is 0 Å². The standard InChI is InChI=1S/C12H18O5/c1-8-5-11(15)6-9(13)3-2-4-10(14)7-12(16)17-8/h2,4,8,10-11,14-15H,3,5-7H2,1H3. The van der Waals surface area contributed by atoms with Crippen molar-refractivity contribution in [3.8, 4) is 0 Å². The summed E-state index contributed by atoms with van der Waals surface area (Å²) in [6.07, 6.45) is 1.05. The van der Waals surface area contributed by atoms with Gasteiger partial charge in [0.1, 0.15) is 11.9 Å². The van der Waals surface area contributed by atoms with E-state index in [-0.39, 0.29) is 31.5 Å². The van der Waals surface area contributed by atoms with Gasteiger partial charge in [-0.25, -0.2) is 0 Å². The Hall–Kier alpha value is -1.20. The van der Waals surface area contributed by atoms with Crippen LogP contribution in [0.3, 0.4) is 0 Å². The van der Waals surface area contributed by atoms with Gasteiger partial charge < -0.3 is 14.9 Å². The minimum absolute atomic E-state index is 0.0440. The van der Waals surface area contributed by atoms with E-state index in [4.69, 9.17) is 4.74 Å². The van der Waals surface area contributed by atoms with Gasteiger partial charge in [-0.1, -0.05) is 12.2 Å². The van der Waals surface area contributed by atoms with Crippen LogP contribution >= 0.6 is 0 Å². The van der Waals surface area contributed by atoms with Gasteiger partial charge in [-0.3, -0.25) is 9.59 Å². The third-order valence-electron chi connectivity index (χ3n) is 2.48. The summed E-state index contributed by atoms with van der Waals surface area (Å²) in [7, 11) is 0. The zero-order valence-electron chi connectivity index (χ0n) is 9.83. The number of ether oxygens (including phenoxy) is 1. The van der Waals surface area contributed by atoms with Crippen LogP contribution < -0.4 is 0 Å². The fraction of sp³-hybridized carbons (Fsp3) is 0.667. The Labute approximate surface area is 100 Å². The molecule has 0 aromatic carbocycles. The Morgan fingerprint density at radius 1 is 1.29 bits per heavy atom. The molecule has 1 aliphatic rings. The van der Waals surface area contributed by atoms with E-state index in [9.17, 15) is 19.8 Å². The summed E-state index contributed by atoms with van der Waals surface area (Å²) in [6, 6.07) is 0. The molecule has 0 amide bonds. The summed E-state index contributed by atoms with van der Waals surface area (Å²) in [5.74, 6) is -0.603. The number of cyclic esters (lactones) is 1. The summed E-state index contributed by atoms with van der Waals surface area (Å²) >= 11 is 0. The summed E-state index contributed by atoms with van der Waals surface area (Å²) in [4.78, 5) is 22.7. The van der Waals surface area contributed by atoms with Crippen LogP contribution in [0.15, 0.2) is 12.2 Å². The zero-order chi connectivity index (χ0) is 12.8. The van der Waals surface area contributed by atoms with Gasteiger partial charge in [0, 0.05) is 19.3 Å². The molecular weight excluding hydrogens is 224 g/mol. The van der Waals surface area contributed by atoms with Gasteiger partial charge in [0.15, 0.2) is 0 Å². The normalized spacial score (nSPS) is 32.5. The van der Waals surface area contributed by atoms with Crippen LogP contribution in [-0.4, -0.2) is 40.3 Å². The van der Waals surface area contributed by atoms with Crippen LogP contribution in [0.2, 0.25) is 0 Å². The van der Waals surface area contributed by atoms with Crippen molar-refractivity contribution in [3.05, 3.63) is 12.2 Å². The monoisotopic (exact) mass is 242 g/mol. The lowest BCUT2D eigenvalue weighted by molar-refractivity contribution is -0.151. The minimum atomic E-state index is -0.924. The first-order valence-electron chi connectivity index (χ1n) is 5.71. The Kier molecular flexibility index (Phi) is 5.31. The molecule has 17 heavy (non-hydrogen) atoms. The van der Waals surface area contributed by atoms with Crippen LogP contribution in [0, 0.1) is 0 Å².